The summed E-state index contributed by atoms with van der Waals surface area (Å²) in [6.45, 7) is 1.21. The van der Waals surface area contributed by atoms with E-state index in [9.17, 15) is 14.4 Å². The number of urea groups is 1. The number of imide groups is 2. The fourth-order valence-corrected chi connectivity index (χ4v) is 3.42. The van der Waals surface area contributed by atoms with Gasteiger partial charge < -0.3 is 9.47 Å². The van der Waals surface area contributed by atoms with Crippen molar-refractivity contribution in [3.63, 3.8) is 0 Å². The Morgan fingerprint density at radius 3 is 2.53 bits per heavy atom. The van der Waals surface area contributed by atoms with Crippen LogP contribution in [0, 0.1) is 0 Å². The molecule has 7 heteroatoms. The summed E-state index contributed by atoms with van der Waals surface area (Å²) in [6, 6.07) is 16.2. The Morgan fingerprint density at radius 1 is 1.07 bits per heavy atom. The number of rotatable bonds is 6. The molecule has 2 saturated heterocycles. The molecule has 0 aromatic heterocycles. The van der Waals surface area contributed by atoms with Crippen molar-refractivity contribution >= 4 is 23.9 Å². The van der Waals surface area contributed by atoms with E-state index in [1.54, 1.807) is 24.3 Å². The maximum absolute atomic E-state index is 12.8. The monoisotopic (exact) mass is 406 g/mol. The molecule has 1 atom stereocenters. The lowest BCUT2D eigenvalue weighted by atomic mass is 10.1. The molecule has 2 aromatic carbocycles. The Labute approximate surface area is 174 Å². The Kier molecular flexibility index (Phi) is 5.90. The van der Waals surface area contributed by atoms with E-state index in [2.05, 4.69) is 5.32 Å². The van der Waals surface area contributed by atoms with Crippen LogP contribution >= 0.6 is 0 Å². The minimum absolute atomic E-state index is 0.0782. The second-order valence-corrected chi connectivity index (χ2v) is 7.21. The average molecular weight is 406 g/mol. The number of hydrogen-bond acceptors (Lipinski definition) is 5. The number of barbiturate groups is 1. The van der Waals surface area contributed by atoms with E-state index < -0.39 is 17.8 Å². The van der Waals surface area contributed by atoms with Crippen LogP contribution in [0.25, 0.3) is 6.08 Å². The molecule has 0 bridgehead atoms. The summed E-state index contributed by atoms with van der Waals surface area (Å²) in [4.78, 5) is 38.1. The van der Waals surface area contributed by atoms with Gasteiger partial charge in [0, 0.05) is 6.61 Å². The van der Waals surface area contributed by atoms with Crippen molar-refractivity contribution in [1.29, 1.82) is 0 Å². The maximum atomic E-state index is 12.8. The quantitative estimate of drug-likeness (QED) is 0.589. The van der Waals surface area contributed by atoms with Gasteiger partial charge in [0.05, 0.1) is 12.6 Å². The molecule has 30 heavy (non-hydrogen) atoms. The summed E-state index contributed by atoms with van der Waals surface area (Å²) >= 11 is 0. The minimum atomic E-state index is -0.706. The molecular weight excluding hydrogens is 384 g/mol. The molecule has 2 fully saturated rings. The highest BCUT2D eigenvalue weighted by Crippen LogP contribution is 2.20. The fourth-order valence-electron chi connectivity index (χ4n) is 3.42. The van der Waals surface area contributed by atoms with Crippen LogP contribution in [0.2, 0.25) is 0 Å². The molecule has 1 N–H and O–H groups in total. The number of carbonyl (C=O) groups is 3. The van der Waals surface area contributed by atoms with Crippen molar-refractivity contribution in [1.82, 2.24) is 10.2 Å². The van der Waals surface area contributed by atoms with Gasteiger partial charge in [0.2, 0.25) is 0 Å². The molecule has 0 unspecified atom stereocenters. The summed E-state index contributed by atoms with van der Waals surface area (Å²) in [5.41, 5.74) is 1.64. The van der Waals surface area contributed by atoms with Gasteiger partial charge in [-0.3, -0.25) is 19.8 Å². The molecule has 2 aliphatic rings. The van der Waals surface area contributed by atoms with Crippen molar-refractivity contribution in [3.05, 3.63) is 71.3 Å². The van der Waals surface area contributed by atoms with Gasteiger partial charge >= 0.3 is 6.03 Å². The van der Waals surface area contributed by atoms with E-state index in [4.69, 9.17) is 9.47 Å². The van der Waals surface area contributed by atoms with Crippen molar-refractivity contribution in [3.8, 4) is 5.75 Å². The van der Waals surface area contributed by atoms with Crippen LogP contribution in [-0.4, -0.2) is 42.0 Å². The fraction of sp³-hybridized carbons (Fsp3) is 0.261. The Balaban J connectivity index is 1.44. The number of hydrogen-bond donors (Lipinski definition) is 1. The van der Waals surface area contributed by atoms with Crippen LogP contribution in [0.3, 0.4) is 0 Å². The second kappa shape index (κ2) is 8.92. The lowest BCUT2D eigenvalue weighted by Gasteiger charge is -2.28. The third-order valence-electron chi connectivity index (χ3n) is 5.04. The van der Waals surface area contributed by atoms with Gasteiger partial charge in [0.15, 0.2) is 0 Å². The highest BCUT2D eigenvalue weighted by molar-refractivity contribution is 6.31. The molecule has 154 valence electrons. The summed E-state index contributed by atoms with van der Waals surface area (Å²) in [5.74, 6) is -0.628. The van der Waals surface area contributed by atoms with Crippen LogP contribution in [0.1, 0.15) is 24.0 Å². The lowest BCUT2D eigenvalue weighted by molar-refractivity contribution is -0.131. The molecule has 0 radical (unpaired) electrons. The molecule has 0 saturated carbocycles. The van der Waals surface area contributed by atoms with Crippen LogP contribution < -0.4 is 10.1 Å². The van der Waals surface area contributed by atoms with E-state index in [1.165, 1.54) is 6.08 Å². The minimum Gasteiger partial charge on any atom is -0.489 e. The standard InChI is InChI=1S/C23H22N2O5/c26-21-20(22(27)25(23(28)24-21)14-19-7-4-12-29-19)13-16-8-10-18(11-9-16)30-15-17-5-2-1-3-6-17/h1-3,5-6,8-11,13,19H,4,7,12,14-15H2,(H,24,26,28)/b20-13-/t19-/m0/s1. The Bertz CT molecular complexity index is 963. The topological polar surface area (TPSA) is 84.9 Å². The highest BCUT2D eigenvalue weighted by Gasteiger charge is 2.37. The van der Waals surface area contributed by atoms with E-state index in [0.717, 1.165) is 23.3 Å². The first-order valence-corrected chi connectivity index (χ1v) is 9.87. The molecule has 2 heterocycles. The van der Waals surface area contributed by atoms with Gasteiger partial charge in [-0.25, -0.2) is 4.79 Å². The number of nitrogens with one attached hydrogen (secondary N) is 1. The average Bonchev–Trinajstić information content (AvgIpc) is 3.28. The van der Waals surface area contributed by atoms with Crippen LogP contribution in [0.4, 0.5) is 4.79 Å². The van der Waals surface area contributed by atoms with E-state index in [-0.39, 0.29) is 18.2 Å². The van der Waals surface area contributed by atoms with Crippen molar-refractivity contribution in [2.45, 2.75) is 25.6 Å². The Hall–Kier alpha value is -3.45. The van der Waals surface area contributed by atoms with Crippen molar-refractivity contribution < 1.29 is 23.9 Å². The third-order valence-corrected chi connectivity index (χ3v) is 5.04. The molecule has 0 spiro atoms. The number of benzene rings is 2. The predicted octanol–water partition coefficient (Wildman–Crippen LogP) is 2.91. The molecule has 4 amide bonds. The van der Waals surface area contributed by atoms with E-state index >= 15 is 0 Å². The zero-order valence-corrected chi connectivity index (χ0v) is 16.4. The first-order valence-electron chi connectivity index (χ1n) is 9.87. The normalized spacial score (nSPS) is 20.5. The van der Waals surface area contributed by atoms with Crippen molar-refractivity contribution in [2.75, 3.05) is 13.2 Å². The largest absolute Gasteiger partial charge is 0.489 e. The molecular formula is C23H22N2O5. The van der Waals surface area contributed by atoms with Gasteiger partial charge in [0.25, 0.3) is 11.8 Å². The van der Waals surface area contributed by atoms with E-state index in [1.807, 2.05) is 30.3 Å². The van der Waals surface area contributed by atoms with Gasteiger partial charge in [-0.1, -0.05) is 42.5 Å². The maximum Gasteiger partial charge on any atom is 0.331 e. The summed E-state index contributed by atoms with van der Waals surface area (Å²) in [6.07, 6.45) is 2.98. The summed E-state index contributed by atoms with van der Waals surface area (Å²) < 4.78 is 11.3. The first-order chi connectivity index (χ1) is 14.6. The van der Waals surface area contributed by atoms with E-state index in [0.29, 0.717) is 24.5 Å². The first kappa shape index (κ1) is 19.8. The smallest absolute Gasteiger partial charge is 0.331 e. The van der Waals surface area contributed by atoms with Crippen LogP contribution in [0.15, 0.2) is 60.2 Å². The molecule has 4 rings (SSSR count). The molecule has 7 nitrogen and oxygen atoms in total. The van der Waals surface area contributed by atoms with Crippen molar-refractivity contribution in [2.24, 2.45) is 0 Å². The van der Waals surface area contributed by atoms with Gasteiger partial charge in [0.1, 0.15) is 17.9 Å². The SMILES string of the molecule is O=C1NC(=O)N(C[C@@H]2CCCO2)C(=O)/C1=C\c1ccc(OCc2ccccc2)cc1. The number of amides is 4. The zero-order valence-electron chi connectivity index (χ0n) is 16.4. The number of ether oxygens (including phenoxy) is 2. The number of nitrogens with zero attached hydrogens (tertiary/aromatic N) is 1. The lowest BCUT2D eigenvalue weighted by Crippen LogP contribution is -2.55. The highest BCUT2D eigenvalue weighted by atomic mass is 16.5. The predicted molar refractivity (Wildman–Crippen MR) is 109 cm³/mol. The van der Waals surface area contributed by atoms with Gasteiger partial charge in [-0.2, -0.15) is 0 Å². The summed E-state index contributed by atoms with van der Waals surface area (Å²) in [7, 11) is 0. The van der Waals surface area contributed by atoms with Crippen LogP contribution in [0.5, 0.6) is 5.75 Å². The molecule has 2 aromatic rings. The Morgan fingerprint density at radius 2 is 1.83 bits per heavy atom. The molecule has 0 aliphatic carbocycles. The molecule has 2 aliphatic heterocycles. The second-order valence-electron chi connectivity index (χ2n) is 7.21. The van der Waals surface area contributed by atoms with Crippen LogP contribution in [-0.2, 0) is 20.9 Å². The third kappa shape index (κ3) is 4.58. The van der Waals surface area contributed by atoms with Gasteiger partial charge in [-0.15, -0.1) is 0 Å². The summed E-state index contributed by atoms with van der Waals surface area (Å²) in [5, 5.41) is 2.23. The zero-order chi connectivity index (χ0) is 20.9. The van der Waals surface area contributed by atoms with Gasteiger partial charge in [-0.05, 0) is 42.2 Å². The number of carbonyl (C=O) groups excluding carboxylic acids is 3.